The number of rotatable bonds is 1. The monoisotopic (exact) mass is 394 g/mol. The smallest absolute Gasteiger partial charge is 0.274 e. The van der Waals surface area contributed by atoms with Crippen LogP contribution in [0.15, 0.2) is 29.0 Å². The molecule has 0 saturated carbocycles. The maximum absolute atomic E-state index is 13.5. The molecule has 1 atom stereocenters. The highest BCUT2D eigenvalue weighted by molar-refractivity contribution is 9.10. The molecule has 0 aliphatic carbocycles. The Bertz CT molecular complexity index is 921. The van der Waals surface area contributed by atoms with E-state index < -0.39 is 0 Å². The van der Waals surface area contributed by atoms with Crippen molar-refractivity contribution in [1.82, 2.24) is 19.5 Å². The number of halogens is 2. The molecule has 23 heavy (non-hydrogen) atoms. The van der Waals surface area contributed by atoms with E-state index in [0.717, 1.165) is 14.9 Å². The molecule has 0 bridgehead atoms. The largest absolute Gasteiger partial charge is 0.330 e. The van der Waals surface area contributed by atoms with Gasteiger partial charge in [0.1, 0.15) is 0 Å². The Morgan fingerprint density at radius 3 is 3.13 bits per heavy atom. The first-order valence-corrected chi connectivity index (χ1v) is 8.74. The summed E-state index contributed by atoms with van der Waals surface area (Å²) in [5.74, 6) is -0.156. The van der Waals surface area contributed by atoms with Gasteiger partial charge in [0.15, 0.2) is 16.5 Å². The van der Waals surface area contributed by atoms with Gasteiger partial charge in [-0.15, -0.1) is 11.3 Å². The van der Waals surface area contributed by atoms with E-state index in [1.165, 1.54) is 17.4 Å². The van der Waals surface area contributed by atoms with Crippen molar-refractivity contribution in [2.45, 2.75) is 19.4 Å². The molecule has 1 aliphatic heterocycles. The zero-order valence-electron chi connectivity index (χ0n) is 12.2. The fourth-order valence-electron chi connectivity index (χ4n) is 2.92. The van der Waals surface area contributed by atoms with Gasteiger partial charge in [-0.3, -0.25) is 4.79 Å². The SMILES string of the molecule is CC1c2cc(F)sc2CCN1C(=O)c1cc2ncc(Br)cn2n1. The van der Waals surface area contributed by atoms with Gasteiger partial charge in [-0.1, -0.05) is 0 Å². The van der Waals surface area contributed by atoms with Gasteiger partial charge in [0.2, 0.25) is 0 Å². The minimum atomic E-state index is -0.196. The van der Waals surface area contributed by atoms with Crippen molar-refractivity contribution in [3.63, 3.8) is 0 Å². The van der Waals surface area contributed by atoms with Gasteiger partial charge < -0.3 is 4.90 Å². The maximum Gasteiger partial charge on any atom is 0.274 e. The second-order valence-electron chi connectivity index (χ2n) is 5.46. The average molecular weight is 395 g/mol. The van der Waals surface area contributed by atoms with Gasteiger partial charge in [0.25, 0.3) is 5.91 Å². The molecule has 1 aliphatic rings. The van der Waals surface area contributed by atoms with Gasteiger partial charge in [0, 0.05) is 29.9 Å². The Balaban J connectivity index is 1.68. The van der Waals surface area contributed by atoms with Crippen molar-refractivity contribution in [2.75, 3.05) is 6.54 Å². The van der Waals surface area contributed by atoms with Crippen molar-refractivity contribution >= 4 is 38.8 Å². The van der Waals surface area contributed by atoms with Crippen LogP contribution in [0, 0.1) is 5.13 Å². The zero-order chi connectivity index (χ0) is 16.1. The second kappa shape index (κ2) is 5.38. The van der Waals surface area contributed by atoms with E-state index in [1.807, 2.05) is 6.92 Å². The molecule has 4 rings (SSSR count). The van der Waals surface area contributed by atoms with E-state index in [-0.39, 0.29) is 17.1 Å². The van der Waals surface area contributed by atoms with E-state index in [9.17, 15) is 9.18 Å². The second-order valence-corrected chi connectivity index (χ2v) is 7.46. The minimum Gasteiger partial charge on any atom is -0.330 e. The minimum absolute atomic E-state index is 0.156. The number of aromatic nitrogens is 3. The number of fused-ring (bicyclic) bond motifs is 2. The Labute approximate surface area is 143 Å². The lowest BCUT2D eigenvalue weighted by Crippen LogP contribution is -2.38. The van der Waals surface area contributed by atoms with Crippen LogP contribution in [0.4, 0.5) is 4.39 Å². The van der Waals surface area contributed by atoms with Gasteiger partial charge in [-0.25, -0.2) is 9.50 Å². The molecule has 1 amide bonds. The number of amides is 1. The molecular formula is C15H12BrFN4OS. The van der Waals surface area contributed by atoms with Crippen molar-refractivity contribution < 1.29 is 9.18 Å². The highest BCUT2D eigenvalue weighted by Crippen LogP contribution is 2.35. The summed E-state index contributed by atoms with van der Waals surface area (Å²) in [5.41, 5.74) is 1.86. The summed E-state index contributed by atoms with van der Waals surface area (Å²) in [6.07, 6.45) is 4.09. The fraction of sp³-hybridized carbons (Fsp3) is 0.267. The van der Waals surface area contributed by atoms with Crippen molar-refractivity contribution in [3.05, 3.63) is 50.3 Å². The lowest BCUT2D eigenvalue weighted by molar-refractivity contribution is 0.0672. The lowest BCUT2D eigenvalue weighted by Gasteiger charge is -2.33. The van der Waals surface area contributed by atoms with E-state index in [2.05, 4.69) is 26.0 Å². The molecule has 5 nitrogen and oxygen atoms in total. The first kappa shape index (κ1) is 14.8. The summed E-state index contributed by atoms with van der Waals surface area (Å²) in [6.45, 7) is 2.49. The highest BCUT2D eigenvalue weighted by atomic mass is 79.9. The quantitative estimate of drug-likeness (QED) is 0.634. The van der Waals surface area contributed by atoms with Gasteiger partial charge in [-0.2, -0.15) is 9.49 Å². The topological polar surface area (TPSA) is 50.5 Å². The van der Waals surface area contributed by atoms with Crippen molar-refractivity contribution in [3.8, 4) is 0 Å². The van der Waals surface area contributed by atoms with E-state index >= 15 is 0 Å². The van der Waals surface area contributed by atoms with Crippen LogP contribution in [0.3, 0.4) is 0 Å². The van der Waals surface area contributed by atoms with Crippen molar-refractivity contribution in [1.29, 1.82) is 0 Å². The number of carbonyl (C=O) groups excluding carboxylic acids is 1. The van der Waals surface area contributed by atoms with E-state index in [1.54, 1.807) is 27.9 Å². The average Bonchev–Trinajstić information content (AvgIpc) is 3.09. The molecule has 3 aromatic heterocycles. The molecule has 1 unspecified atom stereocenters. The normalized spacial score (nSPS) is 17.5. The van der Waals surface area contributed by atoms with Crippen LogP contribution in [-0.2, 0) is 6.42 Å². The Morgan fingerprint density at radius 2 is 2.30 bits per heavy atom. The molecular weight excluding hydrogens is 383 g/mol. The summed E-state index contributed by atoms with van der Waals surface area (Å²) >= 11 is 4.50. The van der Waals surface area contributed by atoms with Gasteiger partial charge in [-0.05, 0) is 40.9 Å². The molecule has 0 N–H and O–H groups in total. The van der Waals surface area contributed by atoms with Crippen LogP contribution in [0.25, 0.3) is 5.65 Å². The zero-order valence-corrected chi connectivity index (χ0v) is 14.6. The molecule has 3 aromatic rings. The molecule has 118 valence electrons. The summed E-state index contributed by atoms with van der Waals surface area (Å²) in [4.78, 5) is 19.8. The van der Waals surface area contributed by atoms with Crippen LogP contribution in [-0.4, -0.2) is 31.9 Å². The molecule has 4 heterocycles. The number of carbonyl (C=O) groups is 1. The predicted octanol–water partition coefficient (Wildman–Crippen LogP) is 3.45. The number of nitrogens with zero attached hydrogens (tertiary/aromatic N) is 4. The van der Waals surface area contributed by atoms with Crippen LogP contribution in [0.5, 0.6) is 0 Å². The first-order valence-electron chi connectivity index (χ1n) is 7.13. The maximum atomic E-state index is 13.5. The number of thiophene rings is 1. The molecule has 0 fully saturated rings. The molecule has 0 radical (unpaired) electrons. The Hall–Kier alpha value is -1.80. The predicted molar refractivity (Wildman–Crippen MR) is 88.1 cm³/mol. The van der Waals surface area contributed by atoms with Crippen molar-refractivity contribution in [2.24, 2.45) is 0 Å². The third-order valence-corrected chi connectivity index (χ3v) is 5.48. The lowest BCUT2D eigenvalue weighted by atomic mass is 10.0. The Morgan fingerprint density at radius 1 is 1.48 bits per heavy atom. The Kier molecular flexibility index (Phi) is 3.46. The highest BCUT2D eigenvalue weighted by Gasteiger charge is 2.31. The van der Waals surface area contributed by atoms with Crippen LogP contribution in [0.2, 0.25) is 0 Å². The number of hydrogen-bond donors (Lipinski definition) is 0. The fourth-order valence-corrected chi connectivity index (χ4v) is 4.18. The molecule has 0 aromatic carbocycles. The third-order valence-electron chi connectivity index (χ3n) is 4.07. The van der Waals surface area contributed by atoms with E-state index in [0.29, 0.717) is 24.3 Å². The van der Waals surface area contributed by atoms with Gasteiger partial charge >= 0.3 is 0 Å². The molecule has 0 spiro atoms. The molecule has 0 saturated heterocycles. The molecule has 8 heteroatoms. The van der Waals surface area contributed by atoms with E-state index in [4.69, 9.17) is 0 Å². The summed E-state index contributed by atoms with van der Waals surface area (Å²) in [5, 5.41) is 4.11. The van der Waals surface area contributed by atoms with Crippen LogP contribution < -0.4 is 0 Å². The summed E-state index contributed by atoms with van der Waals surface area (Å²) in [6, 6.07) is 3.05. The van der Waals surface area contributed by atoms with Crippen LogP contribution in [0.1, 0.15) is 33.9 Å². The standard InChI is InChI=1S/C15H12BrFN4OS/c1-8-10-4-13(17)23-12(10)2-3-20(8)15(22)11-5-14-18-6-9(16)7-21(14)19-11/h4-8H,2-3H2,1H3. The summed E-state index contributed by atoms with van der Waals surface area (Å²) < 4.78 is 15.8. The van der Waals surface area contributed by atoms with Gasteiger partial charge in [0.05, 0.1) is 10.5 Å². The third kappa shape index (κ3) is 2.46. The summed E-state index contributed by atoms with van der Waals surface area (Å²) in [7, 11) is 0. The van der Waals surface area contributed by atoms with Crippen LogP contribution >= 0.6 is 27.3 Å². The first-order chi connectivity index (χ1) is 11.0. The number of hydrogen-bond acceptors (Lipinski definition) is 4.